The number of guanidine groups is 1. The van der Waals surface area contributed by atoms with Gasteiger partial charge in [-0.3, -0.25) is 10.1 Å². The van der Waals surface area contributed by atoms with Crippen molar-refractivity contribution in [2.24, 2.45) is 4.99 Å². The zero-order valence-electron chi connectivity index (χ0n) is 14.3. The summed E-state index contributed by atoms with van der Waals surface area (Å²) in [4.78, 5) is 17.3. The number of benzene rings is 1. The molecule has 0 unspecified atom stereocenters. The smallest absolute Gasteiger partial charge is 0.269 e. The first-order valence-corrected chi connectivity index (χ1v) is 8.67. The summed E-state index contributed by atoms with van der Waals surface area (Å²) in [5.74, 6) is 0.785. The van der Waals surface area contributed by atoms with Crippen molar-refractivity contribution >= 4 is 11.6 Å². The molecule has 1 aromatic carbocycles. The predicted molar refractivity (Wildman–Crippen MR) is 96.2 cm³/mol. The van der Waals surface area contributed by atoms with E-state index >= 15 is 0 Å². The second-order valence-electron chi connectivity index (χ2n) is 5.95. The van der Waals surface area contributed by atoms with E-state index in [1.807, 2.05) is 6.92 Å². The molecule has 0 saturated carbocycles. The summed E-state index contributed by atoms with van der Waals surface area (Å²) in [6.07, 6.45) is 3.95. The Balaban J connectivity index is 1.81. The molecule has 0 atom stereocenters. The monoisotopic (exact) mass is 333 g/mol. The van der Waals surface area contributed by atoms with Gasteiger partial charge in [-0.1, -0.05) is 18.6 Å². The van der Waals surface area contributed by atoms with Crippen LogP contribution in [0.5, 0.6) is 0 Å². The Kier molecular flexibility index (Phi) is 7.48. The summed E-state index contributed by atoms with van der Waals surface area (Å²) in [6, 6.07) is 6.53. The van der Waals surface area contributed by atoms with Crippen molar-refractivity contribution in [2.45, 2.75) is 32.7 Å². The van der Waals surface area contributed by atoms with Crippen LogP contribution in [0.1, 0.15) is 31.7 Å². The highest BCUT2D eigenvalue weighted by Gasteiger charge is 2.09. The van der Waals surface area contributed by atoms with E-state index in [2.05, 4.69) is 20.5 Å². The van der Waals surface area contributed by atoms with Gasteiger partial charge in [0.15, 0.2) is 5.96 Å². The van der Waals surface area contributed by atoms with Crippen LogP contribution >= 0.6 is 0 Å². The average molecular weight is 333 g/mol. The first-order valence-electron chi connectivity index (χ1n) is 8.67. The Morgan fingerprint density at radius 3 is 2.54 bits per heavy atom. The van der Waals surface area contributed by atoms with Gasteiger partial charge >= 0.3 is 0 Å². The highest BCUT2D eigenvalue weighted by atomic mass is 16.6. The molecular formula is C17H27N5O2. The third-order valence-corrected chi connectivity index (χ3v) is 4.08. The zero-order valence-corrected chi connectivity index (χ0v) is 14.3. The molecule has 0 radical (unpaired) electrons. The zero-order chi connectivity index (χ0) is 17.2. The van der Waals surface area contributed by atoms with Gasteiger partial charge in [0, 0.05) is 31.8 Å². The van der Waals surface area contributed by atoms with Crippen LogP contribution in [0, 0.1) is 10.1 Å². The third-order valence-electron chi connectivity index (χ3n) is 4.08. The molecule has 2 rings (SSSR count). The molecule has 0 spiro atoms. The van der Waals surface area contributed by atoms with Crippen LogP contribution in [-0.4, -0.2) is 48.5 Å². The van der Waals surface area contributed by atoms with Gasteiger partial charge in [-0.15, -0.1) is 0 Å². The molecule has 1 aliphatic heterocycles. The van der Waals surface area contributed by atoms with Crippen LogP contribution in [0.15, 0.2) is 29.3 Å². The summed E-state index contributed by atoms with van der Waals surface area (Å²) < 4.78 is 0. The van der Waals surface area contributed by atoms with Crippen LogP contribution in [0.4, 0.5) is 5.69 Å². The molecule has 7 nitrogen and oxygen atoms in total. The van der Waals surface area contributed by atoms with Crippen molar-refractivity contribution in [2.75, 3.05) is 32.7 Å². The van der Waals surface area contributed by atoms with Crippen LogP contribution in [0.3, 0.4) is 0 Å². The molecule has 1 aliphatic rings. The third kappa shape index (κ3) is 6.16. The lowest BCUT2D eigenvalue weighted by atomic mass is 10.1. The van der Waals surface area contributed by atoms with E-state index in [-0.39, 0.29) is 10.6 Å². The van der Waals surface area contributed by atoms with E-state index in [0.717, 1.165) is 31.2 Å². The topological polar surface area (TPSA) is 82.8 Å². The fraction of sp³-hybridized carbons (Fsp3) is 0.588. The molecule has 1 saturated heterocycles. The Bertz CT molecular complexity index is 538. The van der Waals surface area contributed by atoms with Gasteiger partial charge in [-0.2, -0.15) is 0 Å². The van der Waals surface area contributed by atoms with Crippen molar-refractivity contribution in [3.63, 3.8) is 0 Å². The summed E-state index contributed by atoms with van der Waals surface area (Å²) in [5, 5.41) is 17.3. The van der Waals surface area contributed by atoms with Crippen molar-refractivity contribution in [3.8, 4) is 0 Å². The molecule has 1 aromatic rings. The number of nitrogens with one attached hydrogen (secondary N) is 2. The fourth-order valence-corrected chi connectivity index (χ4v) is 2.75. The largest absolute Gasteiger partial charge is 0.357 e. The number of nitrogens with zero attached hydrogens (tertiary/aromatic N) is 3. The Labute approximate surface area is 143 Å². The van der Waals surface area contributed by atoms with Gasteiger partial charge in [0.05, 0.1) is 11.5 Å². The van der Waals surface area contributed by atoms with Crippen molar-refractivity contribution in [3.05, 3.63) is 39.9 Å². The van der Waals surface area contributed by atoms with Crippen LogP contribution < -0.4 is 10.6 Å². The van der Waals surface area contributed by atoms with Gasteiger partial charge in [0.25, 0.3) is 5.69 Å². The minimum atomic E-state index is -0.390. The molecule has 2 N–H and O–H groups in total. The molecular weight excluding hydrogens is 306 g/mol. The van der Waals surface area contributed by atoms with E-state index in [9.17, 15) is 10.1 Å². The molecule has 24 heavy (non-hydrogen) atoms. The lowest BCUT2D eigenvalue weighted by Crippen LogP contribution is -2.42. The molecule has 1 heterocycles. The van der Waals surface area contributed by atoms with Gasteiger partial charge < -0.3 is 15.5 Å². The Morgan fingerprint density at radius 1 is 1.21 bits per heavy atom. The summed E-state index contributed by atoms with van der Waals surface area (Å²) in [5.41, 5.74) is 1.06. The van der Waals surface area contributed by atoms with Crippen molar-refractivity contribution in [1.29, 1.82) is 0 Å². The number of hydrogen-bond acceptors (Lipinski definition) is 4. The van der Waals surface area contributed by atoms with E-state index in [4.69, 9.17) is 0 Å². The number of nitro benzene ring substituents is 1. The fourth-order valence-electron chi connectivity index (χ4n) is 2.75. The maximum absolute atomic E-state index is 10.7. The number of aliphatic imine (C=N–C) groups is 1. The highest BCUT2D eigenvalue weighted by Crippen LogP contribution is 2.12. The molecule has 132 valence electrons. The molecule has 0 amide bonds. The van der Waals surface area contributed by atoms with E-state index in [1.165, 1.54) is 44.5 Å². The van der Waals surface area contributed by atoms with E-state index < -0.39 is 0 Å². The van der Waals surface area contributed by atoms with E-state index in [0.29, 0.717) is 6.54 Å². The SMILES string of the molecule is CCNC(=NCc1ccc([N+](=O)[O-])cc1)NCCN1CCCCC1. The minimum absolute atomic E-state index is 0.106. The van der Waals surface area contributed by atoms with Crippen molar-refractivity contribution < 1.29 is 4.92 Å². The highest BCUT2D eigenvalue weighted by molar-refractivity contribution is 5.79. The number of rotatable bonds is 7. The van der Waals surface area contributed by atoms with Crippen LogP contribution in [0.25, 0.3) is 0 Å². The van der Waals surface area contributed by atoms with Gasteiger partial charge in [0.1, 0.15) is 0 Å². The Morgan fingerprint density at radius 2 is 1.92 bits per heavy atom. The second kappa shape index (κ2) is 9.87. The van der Waals surface area contributed by atoms with Gasteiger partial charge in [-0.05, 0) is 38.4 Å². The maximum Gasteiger partial charge on any atom is 0.269 e. The number of non-ortho nitro benzene ring substituents is 1. The maximum atomic E-state index is 10.7. The summed E-state index contributed by atoms with van der Waals surface area (Å²) >= 11 is 0. The first-order chi connectivity index (χ1) is 11.7. The van der Waals surface area contributed by atoms with Gasteiger partial charge in [0.2, 0.25) is 0 Å². The molecule has 0 bridgehead atoms. The number of hydrogen-bond donors (Lipinski definition) is 2. The molecule has 1 fully saturated rings. The van der Waals surface area contributed by atoms with Crippen LogP contribution in [-0.2, 0) is 6.54 Å². The predicted octanol–water partition coefficient (Wildman–Crippen LogP) is 2.14. The number of nitro groups is 1. The lowest BCUT2D eigenvalue weighted by molar-refractivity contribution is -0.384. The van der Waals surface area contributed by atoms with Crippen molar-refractivity contribution in [1.82, 2.24) is 15.5 Å². The summed E-state index contributed by atoms with van der Waals surface area (Å²) in [7, 11) is 0. The molecule has 0 aromatic heterocycles. The second-order valence-corrected chi connectivity index (χ2v) is 5.95. The average Bonchev–Trinajstić information content (AvgIpc) is 2.61. The van der Waals surface area contributed by atoms with Gasteiger partial charge in [-0.25, -0.2) is 4.99 Å². The number of piperidine rings is 1. The van der Waals surface area contributed by atoms with Crippen LogP contribution in [0.2, 0.25) is 0 Å². The first kappa shape index (κ1) is 18.2. The molecule has 7 heteroatoms. The lowest BCUT2D eigenvalue weighted by Gasteiger charge is -2.26. The quantitative estimate of drug-likeness (QED) is 0.346. The Hall–Kier alpha value is -2.15. The normalized spacial score (nSPS) is 16.0. The minimum Gasteiger partial charge on any atom is -0.357 e. The standard InChI is InChI=1S/C17H27N5O2/c1-2-18-17(19-10-13-21-11-4-3-5-12-21)20-14-15-6-8-16(9-7-15)22(23)24/h6-9H,2-5,10-14H2,1H3,(H2,18,19,20). The summed E-state index contributed by atoms with van der Waals surface area (Å²) in [6.45, 7) is 7.62. The molecule has 0 aliphatic carbocycles. The number of likely N-dealkylation sites (tertiary alicyclic amines) is 1. The van der Waals surface area contributed by atoms with E-state index in [1.54, 1.807) is 12.1 Å².